The van der Waals surface area contributed by atoms with Crippen LogP contribution in [0, 0.1) is 0 Å². The lowest BCUT2D eigenvalue weighted by Gasteiger charge is -2.07. The van der Waals surface area contributed by atoms with E-state index in [-0.39, 0.29) is 11.4 Å². The molecule has 1 aromatic heterocycles. The van der Waals surface area contributed by atoms with E-state index in [1.165, 1.54) is 17.8 Å². The smallest absolute Gasteiger partial charge is 0.253 e. The number of nitrogens with zero attached hydrogens (tertiary/aromatic N) is 1. The molecule has 0 unspecified atom stereocenters. The Hall–Kier alpha value is -2.15. The Kier molecular flexibility index (Phi) is 5.51. The molecule has 0 saturated carbocycles. The van der Waals surface area contributed by atoms with Gasteiger partial charge in [0, 0.05) is 17.9 Å². The minimum atomic E-state index is -0.238. The Labute approximate surface area is 126 Å². The predicted octanol–water partition coefficient (Wildman–Crippen LogP) is 1.92. The monoisotopic (exact) mass is 307 g/mol. The molecule has 0 amide bonds. The highest BCUT2D eigenvalue weighted by atomic mass is 32.2. The van der Waals surface area contributed by atoms with E-state index in [2.05, 4.69) is 9.97 Å². The lowest BCUT2D eigenvalue weighted by molar-refractivity contribution is 0.316. The number of methoxy groups -OCH3 is 1. The minimum absolute atomic E-state index is 0.230. The first-order valence-electron chi connectivity index (χ1n) is 6.44. The maximum absolute atomic E-state index is 11.2. The molecule has 2 rings (SSSR count). The lowest BCUT2D eigenvalue weighted by Crippen LogP contribution is -2.09. The Morgan fingerprint density at radius 1 is 1.33 bits per heavy atom. The van der Waals surface area contributed by atoms with E-state index in [1.54, 1.807) is 7.11 Å². The summed E-state index contributed by atoms with van der Waals surface area (Å²) >= 11 is 1.44. The number of nitrogens with two attached hydrogens (primary N) is 1. The molecule has 0 bridgehead atoms. The molecular weight excluding hydrogens is 290 g/mol. The fourth-order valence-corrected chi connectivity index (χ4v) is 2.43. The van der Waals surface area contributed by atoms with Crippen LogP contribution in [-0.2, 0) is 0 Å². The maximum Gasteiger partial charge on any atom is 0.253 e. The van der Waals surface area contributed by atoms with Crippen molar-refractivity contribution in [1.82, 2.24) is 9.97 Å². The van der Waals surface area contributed by atoms with Gasteiger partial charge in [0.15, 0.2) is 5.16 Å². The Balaban J connectivity index is 1.73. The van der Waals surface area contributed by atoms with E-state index in [4.69, 9.17) is 15.2 Å². The minimum Gasteiger partial charge on any atom is -0.497 e. The Morgan fingerprint density at radius 3 is 2.90 bits per heavy atom. The van der Waals surface area contributed by atoms with Crippen molar-refractivity contribution in [2.75, 3.05) is 25.2 Å². The number of ether oxygens (including phenoxy) is 2. The summed E-state index contributed by atoms with van der Waals surface area (Å²) in [5.74, 6) is 2.54. The zero-order valence-corrected chi connectivity index (χ0v) is 12.5. The molecule has 0 aliphatic rings. The molecule has 0 spiro atoms. The van der Waals surface area contributed by atoms with Crippen LogP contribution in [0.4, 0.5) is 5.82 Å². The van der Waals surface area contributed by atoms with E-state index >= 15 is 0 Å². The zero-order valence-electron chi connectivity index (χ0n) is 11.7. The quantitative estimate of drug-likeness (QED) is 0.461. The predicted molar refractivity (Wildman–Crippen MR) is 83.1 cm³/mol. The van der Waals surface area contributed by atoms with Crippen LogP contribution in [0.5, 0.6) is 11.5 Å². The lowest BCUT2D eigenvalue weighted by atomic mass is 10.3. The van der Waals surface area contributed by atoms with Crippen molar-refractivity contribution in [1.29, 1.82) is 0 Å². The fourth-order valence-electron chi connectivity index (χ4n) is 1.63. The van der Waals surface area contributed by atoms with Crippen LogP contribution in [0.2, 0.25) is 0 Å². The number of aromatic nitrogens is 2. The first-order chi connectivity index (χ1) is 10.2. The van der Waals surface area contributed by atoms with Crippen molar-refractivity contribution >= 4 is 17.6 Å². The Morgan fingerprint density at radius 2 is 2.14 bits per heavy atom. The molecule has 0 fully saturated rings. The van der Waals surface area contributed by atoms with Gasteiger partial charge in [0.1, 0.15) is 17.3 Å². The number of nitrogens with one attached hydrogen (secondary N) is 1. The molecule has 0 aliphatic heterocycles. The highest BCUT2D eigenvalue weighted by Crippen LogP contribution is 2.19. The number of rotatable bonds is 7. The van der Waals surface area contributed by atoms with E-state index in [1.807, 2.05) is 24.3 Å². The van der Waals surface area contributed by atoms with E-state index < -0.39 is 0 Å². The zero-order chi connectivity index (χ0) is 15.1. The van der Waals surface area contributed by atoms with Crippen LogP contribution in [0.3, 0.4) is 0 Å². The second-order valence-corrected chi connectivity index (χ2v) is 5.29. The van der Waals surface area contributed by atoms with Crippen molar-refractivity contribution in [2.45, 2.75) is 11.6 Å². The van der Waals surface area contributed by atoms with Crippen LogP contribution in [0.25, 0.3) is 0 Å². The first-order valence-corrected chi connectivity index (χ1v) is 7.42. The van der Waals surface area contributed by atoms with E-state index in [0.29, 0.717) is 11.8 Å². The van der Waals surface area contributed by atoms with Crippen LogP contribution in [-0.4, -0.2) is 29.4 Å². The first kappa shape index (κ1) is 15.2. The molecule has 2 aromatic rings. The van der Waals surface area contributed by atoms with Crippen molar-refractivity contribution in [3.8, 4) is 11.5 Å². The van der Waals surface area contributed by atoms with E-state index in [0.717, 1.165) is 23.7 Å². The van der Waals surface area contributed by atoms with Gasteiger partial charge in [-0.3, -0.25) is 4.79 Å². The summed E-state index contributed by atoms with van der Waals surface area (Å²) in [4.78, 5) is 17.9. The number of anilines is 1. The molecule has 0 radical (unpaired) electrons. The summed E-state index contributed by atoms with van der Waals surface area (Å²) in [6.07, 6.45) is 0.820. The third kappa shape index (κ3) is 5.03. The van der Waals surface area contributed by atoms with Gasteiger partial charge < -0.3 is 20.2 Å². The number of H-pyrrole nitrogens is 1. The average Bonchev–Trinajstić information content (AvgIpc) is 2.46. The van der Waals surface area contributed by atoms with Crippen molar-refractivity contribution in [2.24, 2.45) is 0 Å². The van der Waals surface area contributed by atoms with Gasteiger partial charge >= 0.3 is 0 Å². The van der Waals surface area contributed by atoms with Crippen molar-refractivity contribution in [3.63, 3.8) is 0 Å². The summed E-state index contributed by atoms with van der Waals surface area (Å²) in [5, 5.41) is 0.529. The summed E-state index contributed by atoms with van der Waals surface area (Å²) in [6, 6.07) is 8.72. The van der Waals surface area contributed by atoms with Gasteiger partial charge in [-0.05, 0) is 18.6 Å². The summed E-state index contributed by atoms with van der Waals surface area (Å²) < 4.78 is 10.7. The second-order valence-electron chi connectivity index (χ2n) is 4.20. The maximum atomic E-state index is 11.2. The Bertz CT molecular complexity index is 645. The SMILES string of the molecule is COc1cccc(OCCCSc2nc(N)cc(=O)[nH]2)c1. The standard InChI is InChI=1S/C14H17N3O3S/c1-19-10-4-2-5-11(8-10)20-6-3-7-21-14-16-12(15)9-13(18)17-14/h2,4-5,8-9H,3,6-7H2,1H3,(H3,15,16,17,18). The van der Waals surface area contributed by atoms with Gasteiger partial charge in [-0.25, -0.2) is 4.98 Å². The normalized spacial score (nSPS) is 10.3. The van der Waals surface area contributed by atoms with Gasteiger partial charge in [0.2, 0.25) is 0 Å². The number of hydrogen-bond acceptors (Lipinski definition) is 6. The number of aromatic amines is 1. The highest BCUT2D eigenvalue weighted by molar-refractivity contribution is 7.99. The third-order valence-corrected chi connectivity index (χ3v) is 3.54. The molecular formula is C14H17N3O3S. The summed E-state index contributed by atoms with van der Waals surface area (Å²) in [6.45, 7) is 0.576. The van der Waals surface area contributed by atoms with Gasteiger partial charge in [-0.15, -0.1) is 0 Å². The molecule has 0 aliphatic carbocycles. The van der Waals surface area contributed by atoms with Crippen LogP contribution >= 0.6 is 11.8 Å². The highest BCUT2D eigenvalue weighted by Gasteiger charge is 2.00. The van der Waals surface area contributed by atoms with Crippen LogP contribution in [0.1, 0.15) is 6.42 Å². The van der Waals surface area contributed by atoms with Crippen molar-refractivity contribution < 1.29 is 9.47 Å². The van der Waals surface area contributed by atoms with Gasteiger partial charge in [0.05, 0.1) is 13.7 Å². The number of hydrogen-bond donors (Lipinski definition) is 2. The number of benzene rings is 1. The molecule has 21 heavy (non-hydrogen) atoms. The summed E-state index contributed by atoms with van der Waals surface area (Å²) in [7, 11) is 1.62. The second kappa shape index (κ2) is 7.58. The topological polar surface area (TPSA) is 90.2 Å². The van der Waals surface area contributed by atoms with Crippen LogP contribution in [0.15, 0.2) is 40.3 Å². The molecule has 7 heteroatoms. The van der Waals surface area contributed by atoms with Gasteiger partial charge in [-0.2, -0.15) is 0 Å². The molecule has 3 N–H and O–H groups in total. The van der Waals surface area contributed by atoms with Gasteiger partial charge in [0.25, 0.3) is 5.56 Å². The van der Waals surface area contributed by atoms with E-state index in [9.17, 15) is 4.79 Å². The average molecular weight is 307 g/mol. The molecule has 6 nitrogen and oxygen atoms in total. The molecule has 0 atom stereocenters. The summed E-state index contributed by atoms with van der Waals surface area (Å²) in [5.41, 5.74) is 5.27. The fraction of sp³-hybridized carbons (Fsp3) is 0.286. The van der Waals surface area contributed by atoms with Crippen LogP contribution < -0.4 is 20.8 Å². The number of nitrogen functional groups attached to an aromatic ring is 1. The molecule has 112 valence electrons. The third-order valence-electron chi connectivity index (χ3n) is 2.58. The molecule has 1 heterocycles. The molecule has 0 saturated heterocycles. The number of thioether (sulfide) groups is 1. The van der Waals surface area contributed by atoms with Crippen molar-refractivity contribution in [3.05, 3.63) is 40.7 Å². The largest absolute Gasteiger partial charge is 0.497 e. The van der Waals surface area contributed by atoms with Gasteiger partial charge in [-0.1, -0.05) is 17.8 Å². The molecule has 1 aromatic carbocycles.